The number of carbonyl (C=O) groups is 3. The number of benzene rings is 1. The first-order valence-corrected chi connectivity index (χ1v) is 15.0. The number of rotatable bonds is 21. The van der Waals surface area contributed by atoms with E-state index in [0.29, 0.717) is 18.4 Å². The number of unbranched alkanes of at least 4 members (excludes halogenated alkanes) is 12. The molecule has 0 aromatic heterocycles. The highest BCUT2D eigenvalue weighted by atomic mass is 16.6. The smallest absolute Gasteiger partial charge is 0.311 e. The molecular weight excluding hydrogens is 478 g/mol. The van der Waals surface area contributed by atoms with Gasteiger partial charge in [0.15, 0.2) is 17.3 Å². The quantitative estimate of drug-likeness (QED) is 0.0743. The molecule has 1 rings (SSSR count). The largest absolute Gasteiger partial charge is 0.423 e. The third-order valence-electron chi connectivity index (χ3n) is 6.46. The molecule has 6 nitrogen and oxygen atoms in total. The minimum absolute atomic E-state index is 0.120. The second-order valence-electron chi connectivity index (χ2n) is 11.4. The zero-order chi connectivity index (χ0) is 28.2. The molecule has 0 atom stereocenters. The summed E-state index contributed by atoms with van der Waals surface area (Å²) in [6.07, 6.45) is 16.1. The van der Waals surface area contributed by atoms with Crippen molar-refractivity contribution in [1.29, 1.82) is 0 Å². The van der Waals surface area contributed by atoms with Crippen LogP contribution in [0.3, 0.4) is 0 Å². The van der Waals surface area contributed by atoms with E-state index in [2.05, 4.69) is 19.2 Å². The van der Waals surface area contributed by atoms with Crippen molar-refractivity contribution in [2.24, 2.45) is 0 Å². The minimum Gasteiger partial charge on any atom is -0.423 e. The fourth-order valence-electron chi connectivity index (χ4n) is 4.09. The monoisotopic (exact) mass is 531 g/mol. The average Bonchev–Trinajstić information content (AvgIpc) is 2.86. The van der Waals surface area contributed by atoms with Crippen LogP contribution in [0.5, 0.6) is 11.5 Å². The summed E-state index contributed by atoms with van der Waals surface area (Å²) in [4.78, 5) is 37.8. The van der Waals surface area contributed by atoms with Gasteiger partial charge in [-0.25, -0.2) is 0 Å². The molecular formula is C32H53NO5. The van der Waals surface area contributed by atoms with E-state index in [0.717, 1.165) is 38.5 Å². The molecule has 0 radical (unpaired) electrons. The van der Waals surface area contributed by atoms with Gasteiger partial charge in [-0.15, -0.1) is 0 Å². The summed E-state index contributed by atoms with van der Waals surface area (Å²) in [6.45, 7) is 10.5. The van der Waals surface area contributed by atoms with E-state index in [9.17, 15) is 14.4 Å². The normalized spacial score (nSPS) is 11.4. The molecule has 0 bridgehead atoms. The highest BCUT2D eigenvalue weighted by Gasteiger charge is 2.18. The Bertz CT molecular complexity index is 828. The average molecular weight is 532 g/mol. The van der Waals surface area contributed by atoms with E-state index in [1.165, 1.54) is 57.4 Å². The topological polar surface area (TPSA) is 81.7 Å². The van der Waals surface area contributed by atoms with Gasteiger partial charge in [-0.3, -0.25) is 14.4 Å². The lowest BCUT2D eigenvalue weighted by Gasteiger charge is -2.20. The van der Waals surface area contributed by atoms with Gasteiger partial charge in [-0.1, -0.05) is 90.9 Å². The van der Waals surface area contributed by atoms with E-state index in [-0.39, 0.29) is 41.3 Å². The van der Waals surface area contributed by atoms with Crippen LogP contribution in [-0.4, -0.2) is 29.8 Å². The van der Waals surface area contributed by atoms with Gasteiger partial charge in [0.2, 0.25) is 0 Å². The standard InChI is InChI=1S/C32H53NO5/c1-6-8-10-12-14-16-18-20-30(35)37-28-23-22-26(27(34)25-33-32(3,4)5)24-29(28)38-31(36)21-19-17-15-13-11-9-7-2/h22-24,33H,6-21,25H2,1-5H3. The minimum atomic E-state index is -0.375. The van der Waals surface area contributed by atoms with Crippen molar-refractivity contribution in [2.75, 3.05) is 6.54 Å². The Kier molecular flexibility index (Phi) is 17.6. The molecule has 0 aliphatic rings. The molecule has 38 heavy (non-hydrogen) atoms. The summed E-state index contributed by atoms with van der Waals surface area (Å²) >= 11 is 0. The second kappa shape index (κ2) is 19.8. The van der Waals surface area contributed by atoms with Crippen molar-refractivity contribution in [3.63, 3.8) is 0 Å². The Morgan fingerprint density at radius 3 is 1.58 bits per heavy atom. The van der Waals surface area contributed by atoms with Gasteiger partial charge < -0.3 is 14.8 Å². The zero-order valence-corrected chi connectivity index (χ0v) is 24.8. The maximum absolute atomic E-state index is 12.7. The fraction of sp³-hybridized carbons (Fsp3) is 0.719. The lowest BCUT2D eigenvalue weighted by Crippen LogP contribution is -2.39. The molecule has 0 saturated carbocycles. The van der Waals surface area contributed by atoms with Gasteiger partial charge >= 0.3 is 11.9 Å². The molecule has 0 fully saturated rings. The predicted octanol–water partition coefficient (Wildman–Crippen LogP) is 8.35. The lowest BCUT2D eigenvalue weighted by atomic mass is 10.1. The van der Waals surface area contributed by atoms with E-state index >= 15 is 0 Å². The van der Waals surface area contributed by atoms with Crippen LogP contribution in [-0.2, 0) is 9.59 Å². The summed E-state index contributed by atoms with van der Waals surface area (Å²) in [5.41, 5.74) is 0.208. The molecule has 1 aromatic carbocycles. The Morgan fingerprint density at radius 2 is 1.11 bits per heavy atom. The number of carbonyl (C=O) groups excluding carboxylic acids is 3. The summed E-state index contributed by atoms with van der Waals surface area (Å²) in [7, 11) is 0. The Balaban J connectivity index is 2.73. The molecule has 0 saturated heterocycles. The van der Waals surface area contributed by atoms with Crippen molar-refractivity contribution in [2.45, 2.75) is 143 Å². The number of ether oxygens (including phenoxy) is 2. The first-order valence-electron chi connectivity index (χ1n) is 15.0. The molecule has 6 heteroatoms. The van der Waals surface area contributed by atoms with Crippen molar-refractivity contribution < 1.29 is 23.9 Å². The van der Waals surface area contributed by atoms with Crippen LogP contribution in [0.25, 0.3) is 0 Å². The predicted molar refractivity (Wildman–Crippen MR) is 155 cm³/mol. The highest BCUT2D eigenvalue weighted by Crippen LogP contribution is 2.30. The van der Waals surface area contributed by atoms with Crippen LogP contribution in [0.2, 0.25) is 0 Å². The van der Waals surface area contributed by atoms with Gasteiger partial charge in [0.25, 0.3) is 0 Å². The van der Waals surface area contributed by atoms with Crippen LogP contribution >= 0.6 is 0 Å². The van der Waals surface area contributed by atoms with E-state index in [4.69, 9.17) is 9.47 Å². The van der Waals surface area contributed by atoms with Crippen molar-refractivity contribution in [1.82, 2.24) is 5.32 Å². The molecule has 0 amide bonds. The van der Waals surface area contributed by atoms with Crippen LogP contribution in [0, 0.1) is 0 Å². The van der Waals surface area contributed by atoms with Crippen LogP contribution in [0.4, 0.5) is 0 Å². The summed E-state index contributed by atoms with van der Waals surface area (Å²) in [5, 5.41) is 3.18. The number of Topliss-reactive ketones (excluding diaryl/α,β-unsaturated/α-hetero) is 1. The van der Waals surface area contributed by atoms with Crippen LogP contribution in [0.15, 0.2) is 18.2 Å². The molecule has 0 aliphatic heterocycles. The maximum atomic E-state index is 12.7. The first kappa shape index (κ1) is 33.8. The third-order valence-corrected chi connectivity index (χ3v) is 6.46. The summed E-state index contributed by atoms with van der Waals surface area (Å²) in [6, 6.07) is 4.70. The van der Waals surface area contributed by atoms with Crippen molar-refractivity contribution in [3.8, 4) is 11.5 Å². The van der Waals surface area contributed by atoms with E-state index in [1.54, 1.807) is 12.1 Å². The Morgan fingerprint density at radius 1 is 0.658 bits per heavy atom. The van der Waals surface area contributed by atoms with Gasteiger partial charge in [0, 0.05) is 23.9 Å². The third kappa shape index (κ3) is 16.6. The molecule has 0 heterocycles. The van der Waals surface area contributed by atoms with Gasteiger partial charge in [-0.2, -0.15) is 0 Å². The Labute approximate surface area is 231 Å². The van der Waals surface area contributed by atoms with E-state index in [1.807, 2.05) is 20.8 Å². The number of ketones is 1. The zero-order valence-electron chi connectivity index (χ0n) is 24.8. The first-order chi connectivity index (χ1) is 18.2. The SMILES string of the molecule is CCCCCCCCCC(=O)Oc1ccc(C(=O)CNC(C)(C)C)cc1OC(=O)CCCCCCCCC. The summed E-state index contributed by atoms with van der Waals surface area (Å²) < 4.78 is 11.2. The molecule has 1 N–H and O–H groups in total. The highest BCUT2D eigenvalue weighted by molar-refractivity contribution is 5.98. The maximum Gasteiger partial charge on any atom is 0.311 e. The second-order valence-corrected chi connectivity index (χ2v) is 11.4. The molecule has 216 valence electrons. The summed E-state index contributed by atoms with van der Waals surface area (Å²) in [5.74, 6) is -0.527. The molecule has 0 unspecified atom stereocenters. The number of esters is 2. The van der Waals surface area contributed by atoms with E-state index < -0.39 is 0 Å². The van der Waals surface area contributed by atoms with Crippen LogP contribution < -0.4 is 14.8 Å². The van der Waals surface area contributed by atoms with Crippen molar-refractivity contribution in [3.05, 3.63) is 23.8 Å². The number of hydrogen-bond acceptors (Lipinski definition) is 6. The van der Waals surface area contributed by atoms with Gasteiger partial charge in [0.05, 0.1) is 6.54 Å². The number of nitrogens with one attached hydrogen (secondary N) is 1. The van der Waals surface area contributed by atoms with Gasteiger partial charge in [0.1, 0.15) is 0 Å². The van der Waals surface area contributed by atoms with Crippen molar-refractivity contribution >= 4 is 17.7 Å². The lowest BCUT2D eigenvalue weighted by molar-refractivity contribution is -0.137. The molecule has 1 aromatic rings. The Hall–Kier alpha value is -2.21. The van der Waals surface area contributed by atoms with Crippen LogP contribution in [0.1, 0.15) is 148 Å². The molecule has 0 aliphatic carbocycles. The molecule has 0 spiro atoms. The number of hydrogen-bond donors (Lipinski definition) is 1. The fourth-order valence-corrected chi connectivity index (χ4v) is 4.09. The van der Waals surface area contributed by atoms with Gasteiger partial charge in [-0.05, 0) is 51.8 Å².